The zero-order valence-electron chi connectivity index (χ0n) is 4.96. The number of allylic oxidation sites excluding steroid dienone is 3. The van der Waals surface area contributed by atoms with Crippen LogP contribution in [0.25, 0.3) is 0 Å². The van der Waals surface area contributed by atoms with Crippen LogP contribution in [-0.4, -0.2) is 0 Å². The molecule has 0 aromatic rings. The fraction of sp³-hybridized carbons (Fsp3) is 0.333. The quantitative estimate of drug-likeness (QED) is 0.504. The van der Waals surface area contributed by atoms with Gasteiger partial charge in [0, 0.05) is 10.1 Å². The van der Waals surface area contributed by atoms with E-state index in [2.05, 4.69) is 6.58 Å². The summed E-state index contributed by atoms with van der Waals surface area (Å²) in [5, 5.41) is 1.21. The van der Waals surface area contributed by atoms with Crippen molar-refractivity contribution in [2.24, 2.45) is 0 Å². The Kier molecular flexibility index (Phi) is 3.18. The number of hydrogen-bond donors (Lipinski definition) is 0. The highest BCUT2D eigenvalue weighted by Crippen LogP contribution is 2.17. The van der Waals surface area contributed by atoms with Gasteiger partial charge in [-0.25, -0.2) is 0 Å². The van der Waals surface area contributed by atoms with Crippen molar-refractivity contribution >= 4 is 23.2 Å². The van der Waals surface area contributed by atoms with E-state index in [9.17, 15) is 0 Å². The predicted octanol–water partition coefficient (Wildman–Crippen LogP) is 3.27. The second-order valence-corrected chi connectivity index (χ2v) is 2.59. The molecule has 0 rings (SSSR count). The van der Waals surface area contributed by atoms with Gasteiger partial charge < -0.3 is 0 Å². The van der Waals surface area contributed by atoms with Crippen molar-refractivity contribution in [3.05, 3.63) is 22.2 Å². The number of hydrogen-bond acceptors (Lipinski definition) is 0. The van der Waals surface area contributed by atoms with Crippen LogP contribution in [0.3, 0.4) is 0 Å². The van der Waals surface area contributed by atoms with Gasteiger partial charge >= 0.3 is 0 Å². The van der Waals surface area contributed by atoms with E-state index in [1.165, 1.54) is 0 Å². The summed E-state index contributed by atoms with van der Waals surface area (Å²) in [7, 11) is 0. The first-order chi connectivity index (χ1) is 3.55. The summed E-state index contributed by atoms with van der Waals surface area (Å²) in [4.78, 5) is 0. The molecule has 0 aromatic heterocycles. The molecule has 0 N–H and O–H groups in total. The van der Waals surface area contributed by atoms with Gasteiger partial charge in [-0.05, 0) is 19.4 Å². The largest absolute Gasteiger partial charge is 0.0891 e. The molecule has 46 valence electrons. The normalized spacial score (nSPS) is 13.0. The molecule has 0 bridgehead atoms. The molecule has 0 saturated heterocycles. The Morgan fingerprint density at radius 1 is 1.25 bits per heavy atom. The minimum Gasteiger partial charge on any atom is -0.0891 e. The molecular formula is C6H8Cl2. The third-order valence-electron chi connectivity index (χ3n) is 0.924. The third-order valence-corrected chi connectivity index (χ3v) is 1.49. The highest BCUT2D eigenvalue weighted by molar-refractivity contribution is 6.35. The van der Waals surface area contributed by atoms with Crippen molar-refractivity contribution < 1.29 is 0 Å². The van der Waals surface area contributed by atoms with E-state index in [4.69, 9.17) is 23.2 Å². The highest BCUT2D eigenvalue weighted by atomic mass is 35.5. The van der Waals surface area contributed by atoms with E-state index in [0.717, 1.165) is 5.57 Å². The van der Waals surface area contributed by atoms with Crippen LogP contribution in [0.2, 0.25) is 0 Å². The average Bonchev–Trinajstić information content (AvgIpc) is 1.64. The Hall–Kier alpha value is 0.0600. The molecule has 0 aliphatic carbocycles. The molecule has 0 fully saturated rings. The van der Waals surface area contributed by atoms with Gasteiger partial charge in [0.1, 0.15) is 0 Å². The minimum absolute atomic E-state index is 0.512. The molecule has 0 aliphatic heterocycles. The molecule has 0 amide bonds. The number of halogens is 2. The van der Waals surface area contributed by atoms with Crippen molar-refractivity contribution in [3.63, 3.8) is 0 Å². The van der Waals surface area contributed by atoms with E-state index >= 15 is 0 Å². The Balaban J connectivity index is 4.23. The predicted molar refractivity (Wildman–Crippen MR) is 39.2 cm³/mol. The van der Waals surface area contributed by atoms with Crippen LogP contribution in [0.4, 0.5) is 0 Å². The lowest BCUT2D eigenvalue weighted by molar-refractivity contribution is 1.43. The molecule has 0 aromatic carbocycles. The molecule has 0 saturated carbocycles. The van der Waals surface area contributed by atoms with Crippen molar-refractivity contribution in [3.8, 4) is 0 Å². The van der Waals surface area contributed by atoms with Gasteiger partial charge in [-0.15, -0.1) is 0 Å². The summed E-state index contributed by atoms with van der Waals surface area (Å²) in [5.41, 5.74) is 0.855. The van der Waals surface area contributed by atoms with Gasteiger partial charge in [0.15, 0.2) is 0 Å². The van der Waals surface area contributed by atoms with Gasteiger partial charge in [-0.1, -0.05) is 29.8 Å². The molecule has 0 aliphatic rings. The van der Waals surface area contributed by atoms with Crippen LogP contribution >= 0.6 is 23.2 Å². The summed E-state index contributed by atoms with van der Waals surface area (Å²) in [6.07, 6.45) is 0. The summed E-state index contributed by atoms with van der Waals surface area (Å²) >= 11 is 11.0. The van der Waals surface area contributed by atoms with Gasteiger partial charge in [0.2, 0.25) is 0 Å². The van der Waals surface area contributed by atoms with E-state index in [1.54, 1.807) is 6.92 Å². The van der Waals surface area contributed by atoms with Crippen LogP contribution < -0.4 is 0 Å². The Morgan fingerprint density at radius 3 is 1.62 bits per heavy atom. The Morgan fingerprint density at radius 2 is 1.62 bits per heavy atom. The SMILES string of the molecule is C=C(Cl)/C(C)=C(\C)Cl. The van der Waals surface area contributed by atoms with Crippen LogP contribution in [0.5, 0.6) is 0 Å². The van der Waals surface area contributed by atoms with Crippen LogP contribution in [-0.2, 0) is 0 Å². The molecule has 0 heterocycles. The number of rotatable bonds is 1. The second-order valence-electron chi connectivity index (χ2n) is 1.56. The smallest absolute Gasteiger partial charge is 0.0374 e. The lowest BCUT2D eigenvalue weighted by atomic mass is 10.3. The Bertz CT molecular complexity index is 129. The minimum atomic E-state index is 0.512. The fourth-order valence-electron chi connectivity index (χ4n) is 0.187. The first-order valence-electron chi connectivity index (χ1n) is 2.23. The molecular weight excluding hydrogens is 143 g/mol. The lowest BCUT2D eigenvalue weighted by Crippen LogP contribution is -1.73. The van der Waals surface area contributed by atoms with Gasteiger partial charge in [0.25, 0.3) is 0 Å². The lowest BCUT2D eigenvalue weighted by Gasteiger charge is -1.94. The van der Waals surface area contributed by atoms with Crippen molar-refractivity contribution in [1.29, 1.82) is 0 Å². The maximum atomic E-state index is 5.56. The zero-order valence-corrected chi connectivity index (χ0v) is 6.47. The summed E-state index contributed by atoms with van der Waals surface area (Å²) in [5.74, 6) is 0. The van der Waals surface area contributed by atoms with E-state index in [1.807, 2.05) is 6.92 Å². The van der Waals surface area contributed by atoms with E-state index in [0.29, 0.717) is 10.1 Å². The first-order valence-corrected chi connectivity index (χ1v) is 2.99. The van der Waals surface area contributed by atoms with Gasteiger partial charge in [0.05, 0.1) is 0 Å². The van der Waals surface area contributed by atoms with Gasteiger partial charge in [-0.3, -0.25) is 0 Å². The van der Waals surface area contributed by atoms with Crippen molar-refractivity contribution in [1.82, 2.24) is 0 Å². The van der Waals surface area contributed by atoms with Crippen LogP contribution in [0.1, 0.15) is 13.8 Å². The van der Waals surface area contributed by atoms with E-state index in [-0.39, 0.29) is 0 Å². The van der Waals surface area contributed by atoms with Crippen LogP contribution in [0, 0.1) is 0 Å². The summed E-state index contributed by atoms with van der Waals surface area (Å²) in [6, 6.07) is 0. The second kappa shape index (κ2) is 3.16. The summed E-state index contributed by atoms with van der Waals surface area (Å²) < 4.78 is 0. The van der Waals surface area contributed by atoms with Crippen molar-refractivity contribution in [2.45, 2.75) is 13.8 Å². The highest BCUT2D eigenvalue weighted by Gasteiger charge is 1.93. The van der Waals surface area contributed by atoms with Crippen molar-refractivity contribution in [2.75, 3.05) is 0 Å². The maximum Gasteiger partial charge on any atom is 0.0374 e. The van der Waals surface area contributed by atoms with Gasteiger partial charge in [-0.2, -0.15) is 0 Å². The monoisotopic (exact) mass is 150 g/mol. The molecule has 0 unspecified atom stereocenters. The summed E-state index contributed by atoms with van der Waals surface area (Å²) in [6.45, 7) is 7.11. The molecule has 0 spiro atoms. The van der Waals surface area contributed by atoms with Crippen LogP contribution in [0.15, 0.2) is 22.2 Å². The molecule has 0 nitrogen and oxygen atoms in total. The molecule has 0 radical (unpaired) electrons. The third kappa shape index (κ3) is 2.39. The van der Waals surface area contributed by atoms with E-state index < -0.39 is 0 Å². The molecule has 8 heavy (non-hydrogen) atoms. The standard InChI is InChI=1S/C6H8Cl2/c1-4(5(2)7)6(3)8/h2H2,1,3H3/b6-4+. The fourth-order valence-corrected chi connectivity index (χ4v) is 0.491. The zero-order chi connectivity index (χ0) is 6.73. The average molecular weight is 151 g/mol. The Labute approximate surface area is 59.8 Å². The molecule has 0 atom stereocenters. The first kappa shape index (κ1) is 8.06. The molecule has 2 heteroatoms. The maximum absolute atomic E-state index is 5.56. The topological polar surface area (TPSA) is 0 Å².